The third-order valence-electron chi connectivity index (χ3n) is 2.35. The topological polar surface area (TPSA) is 47.0 Å². The van der Waals surface area contributed by atoms with E-state index in [1.807, 2.05) is 0 Å². The molecular formula is C10H4Cl2F3NO2S. The van der Waals surface area contributed by atoms with Gasteiger partial charge in [0.15, 0.2) is 0 Å². The van der Waals surface area contributed by atoms with Crippen LogP contribution in [0.15, 0.2) is 29.3 Å². The van der Waals surface area contributed by atoms with Gasteiger partial charge in [-0.15, -0.1) is 0 Å². The SMILES string of the molecule is O=S(=O)(c1ccc(Cl)c2nccc(Cl)c12)C(F)(F)F. The minimum atomic E-state index is -5.53. The van der Waals surface area contributed by atoms with Gasteiger partial charge in [-0.05, 0) is 18.2 Å². The lowest BCUT2D eigenvalue weighted by Gasteiger charge is -2.12. The first-order chi connectivity index (χ1) is 8.66. The number of alkyl halides is 3. The van der Waals surface area contributed by atoms with Gasteiger partial charge in [0.2, 0.25) is 0 Å². The van der Waals surface area contributed by atoms with Crippen LogP contribution < -0.4 is 0 Å². The van der Waals surface area contributed by atoms with Crippen LogP contribution in [0.3, 0.4) is 0 Å². The highest BCUT2D eigenvalue weighted by molar-refractivity contribution is 7.92. The average Bonchev–Trinajstić information content (AvgIpc) is 2.29. The summed E-state index contributed by atoms with van der Waals surface area (Å²) in [6.45, 7) is 0. The van der Waals surface area contributed by atoms with Gasteiger partial charge in [0.25, 0.3) is 9.84 Å². The van der Waals surface area contributed by atoms with E-state index in [1.54, 1.807) is 0 Å². The summed E-state index contributed by atoms with van der Waals surface area (Å²) < 4.78 is 60.7. The highest BCUT2D eigenvalue weighted by Gasteiger charge is 2.48. The van der Waals surface area contributed by atoms with Crippen LogP contribution in [0, 0.1) is 0 Å². The van der Waals surface area contributed by atoms with Crippen LogP contribution in [0.25, 0.3) is 10.9 Å². The zero-order valence-corrected chi connectivity index (χ0v) is 11.2. The lowest BCUT2D eigenvalue weighted by molar-refractivity contribution is -0.0435. The lowest BCUT2D eigenvalue weighted by atomic mass is 10.2. The van der Waals surface area contributed by atoms with Crippen LogP contribution in [0.5, 0.6) is 0 Å². The Labute approximate surface area is 115 Å². The second-order valence-corrected chi connectivity index (χ2v) is 6.24. The van der Waals surface area contributed by atoms with Gasteiger partial charge in [-0.25, -0.2) is 8.42 Å². The minimum Gasteiger partial charge on any atom is -0.255 e. The van der Waals surface area contributed by atoms with Crippen molar-refractivity contribution in [2.45, 2.75) is 10.4 Å². The fourth-order valence-corrected chi connectivity index (χ4v) is 3.00. The van der Waals surface area contributed by atoms with Crippen molar-refractivity contribution in [1.29, 1.82) is 0 Å². The summed E-state index contributed by atoms with van der Waals surface area (Å²) in [4.78, 5) is 2.79. The van der Waals surface area contributed by atoms with Crippen molar-refractivity contribution in [1.82, 2.24) is 4.98 Å². The Bertz CT molecular complexity index is 759. The van der Waals surface area contributed by atoms with Crippen molar-refractivity contribution in [3.63, 3.8) is 0 Å². The van der Waals surface area contributed by atoms with Gasteiger partial charge in [0, 0.05) is 11.6 Å². The smallest absolute Gasteiger partial charge is 0.255 e. The van der Waals surface area contributed by atoms with E-state index in [-0.39, 0.29) is 20.9 Å². The number of fused-ring (bicyclic) bond motifs is 1. The largest absolute Gasteiger partial charge is 0.501 e. The van der Waals surface area contributed by atoms with Crippen molar-refractivity contribution >= 4 is 43.9 Å². The van der Waals surface area contributed by atoms with Crippen molar-refractivity contribution in [2.24, 2.45) is 0 Å². The predicted octanol–water partition coefficient (Wildman–Crippen LogP) is 3.84. The predicted molar refractivity (Wildman–Crippen MR) is 65.0 cm³/mol. The van der Waals surface area contributed by atoms with E-state index in [2.05, 4.69) is 4.98 Å². The fraction of sp³-hybridized carbons (Fsp3) is 0.100. The Morgan fingerprint density at radius 1 is 1.05 bits per heavy atom. The molecule has 2 aromatic rings. The van der Waals surface area contributed by atoms with Crippen LogP contribution in [0.4, 0.5) is 13.2 Å². The number of rotatable bonds is 1. The molecule has 1 aromatic carbocycles. The van der Waals surface area contributed by atoms with Gasteiger partial charge in [0.05, 0.1) is 20.5 Å². The number of sulfone groups is 1. The van der Waals surface area contributed by atoms with E-state index in [0.717, 1.165) is 12.1 Å². The zero-order valence-electron chi connectivity index (χ0n) is 8.87. The zero-order chi connectivity index (χ0) is 14.4. The maximum atomic E-state index is 12.6. The van der Waals surface area contributed by atoms with Gasteiger partial charge in [-0.3, -0.25) is 4.98 Å². The molecule has 1 heterocycles. The monoisotopic (exact) mass is 329 g/mol. The molecule has 0 saturated heterocycles. The van der Waals surface area contributed by atoms with Crippen molar-refractivity contribution < 1.29 is 21.6 Å². The summed E-state index contributed by atoms with van der Waals surface area (Å²) in [6.07, 6.45) is 1.22. The van der Waals surface area contributed by atoms with E-state index in [1.165, 1.54) is 12.3 Å². The first-order valence-corrected chi connectivity index (χ1v) is 6.94. The molecule has 2 rings (SSSR count). The molecule has 9 heteroatoms. The molecule has 19 heavy (non-hydrogen) atoms. The van der Waals surface area contributed by atoms with Gasteiger partial charge in [-0.2, -0.15) is 13.2 Å². The van der Waals surface area contributed by atoms with Gasteiger partial charge in [-0.1, -0.05) is 23.2 Å². The summed E-state index contributed by atoms with van der Waals surface area (Å²) in [7, 11) is -5.53. The summed E-state index contributed by atoms with van der Waals surface area (Å²) in [5, 5.41) is -0.497. The average molecular weight is 330 g/mol. The number of benzene rings is 1. The molecule has 0 amide bonds. The Morgan fingerprint density at radius 2 is 1.68 bits per heavy atom. The third-order valence-corrected chi connectivity index (χ3v) is 4.50. The number of hydrogen-bond acceptors (Lipinski definition) is 3. The third kappa shape index (κ3) is 2.26. The molecule has 0 bridgehead atoms. The van der Waals surface area contributed by atoms with E-state index in [0.29, 0.717) is 0 Å². The Balaban J connectivity index is 2.96. The number of pyridine rings is 1. The van der Waals surface area contributed by atoms with Crippen LogP contribution in [-0.4, -0.2) is 18.9 Å². The summed E-state index contributed by atoms with van der Waals surface area (Å²) >= 11 is 11.5. The molecule has 0 aliphatic heterocycles. The molecule has 3 nitrogen and oxygen atoms in total. The second kappa shape index (κ2) is 4.50. The molecule has 102 valence electrons. The molecule has 0 unspecified atom stereocenters. The number of halogens is 5. The molecule has 1 aromatic heterocycles. The van der Waals surface area contributed by atoms with E-state index in [9.17, 15) is 21.6 Å². The minimum absolute atomic E-state index is 0.0126. The number of aromatic nitrogens is 1. The summed E-state index contributed by atoms with van der Waals surface area (Å²) in [5.74, 6) is 0. The highest BCUT2D eigenvalue weighted by Crippen LogP contribution is 2.38. The molecule has 0 saturated carbocycles. The van der Waals surface area contributed by atoms with E-state index < -0.39 is 20.2 Å². The molecule has 0 aliphatic carbocycles. The van der Waals surface area contributed by atoms with E-state index in [4.69, 9.17) is 23.2 Å². The Hall–Kier alpha value is -1.05. The molecule has 0 aliphatic rings. The summed E-state index contributed by atoms with van der Waals surface area (Å²) in [6, 6.07) is 2.99. The fourth-order valence-electron chi connectivity index (χ4n) is 1.51. The van der Waals surface area contributed by atoms with Gasteiger partial charge >= 0.3 is 5.51 Å². The number of nitrogens with zero attached hydrogens (tertiary/aromatic N) is 1. The molecule has 0 radical (unpaired) electrons. The highest BCUT2D eigenvalue weighted by atomic mass is 35.5. The van der Waals surface area contributed by atoms with Crippen LogP contribution >= 0.6 is 23.2 Å². The first kappa shape index (κ1) is 14.4. The van der Waals surface area contributed by atoms with Crippen LogP contribution in [0.2, 0.25) is 10.0 Å². The Kier molecular flexibility index (Phi) is 3.40. The summed E-state index contributed by atoms with van der Waals surface area (Å²) in [5.41, 5.74) is -5.52. The maximum Gasteiger partial charge on any atom is 0.501 e. The van der Waals surface area contributed by atoms with Crippen molar-refractivity contribution in [2.75, 3.05) is 0 Å². The maximum absolute atomic E-state index is 12.6. The lowest BCUT2D eigenvalue weighted by Crippen LogP contribution is -2.23. The molecule has 0 atom stereocenters. The molecule has 0 fully saturated rings. The Morgan fingerprint density at radius 3 is 2.26 bits per heavy atom. The van der Waals surface area contributed by atoms with Gasteiger partial charge in [0.1, 0.15) is 0 Å². The standard InChI is InChI=1S/C10H4Cl2F3NO2S/c11-5-3-4-16-9-6(12)1-2-7(8(5)9)19(17,18)10(13,14)15/h1-4H. The van der Waals surface area contributed by atoms with Crippen molar-refractivity contribution in [3.05, 3.63) is 34.4 Å². The molecule has 0 spiro atoms. The van der Waals surface area contributed by atoms with E-state index >= 15 is 0 Å². The quantitative estimate of drug-likeness (QED) is 0.798. The van der Waals surface area contributed by atoms with Gasteiger partial charge < -0.3 is 0 Å². The van der Waals surface area contributed by atoms with Crippen LogP contribution in [0.1, 0.15) is 0 Å². The number of hydrogen-bond donors (Lipinski definition) is 0. The molecular weight excluding hydrogens is 326 g/mol. The second-order valence-electron chi connectivity index (χ2n) is 3.51. The molecule has 0 N–H and O–H groups in total. The first-order valence-electron chi connectivity index (χ1n) is 4.70. The van der Waals surface area contributed by atoms with Crippen LogP contribution in [-0.2, 0) is 9.84 Å². The normalized spacial score (nSPS) is 12.9. The van der Waals surface area contributed by atoms with Crippen molar-refractivity contribution in [3.8, 4) is 0 Å².